The van der Waals surface area contributed by atoms with E-state index in [2.05, 4.69) is 36.6 Å². The fraction of sp³-hybridized carbons (Fsp3) is 0.469. The molecular weight excluding hydrogens is 596 g/mol. The molecule has 1 aromatic heterocycles. The number of nitrogens with zero attached hydrogens (tertiary/aromatic N) is 3. The topological polar surface area (TPSA) is 150 Å². The highest BCUT2D eigenvalue weighted by Gasteiger charge is 2.41. The highest BCUT2D eigenvalue weighted by Crippen LogP contribution is 2.36. The van der Waals surface area contributed by atoms with E-state index < -0.39 is 12.1 Å². The van der Waals surface area contributed by atoms with Gasteiger partial charge in [-0.05, 0) is 56.5 Å². The molecule has 0 radical (unpaired) electrons. The highest BCUT2D eigenvalue weighted by atomic mass is 35.5. The minimum Gasteiger partial charge on any atom is -0.494 e. The minimum atomic E-state index is -0.633. The average molecular weight is 639 g/mol. The Labute approximate surface area is 269 Å². The summed E-state index contributed by atoms with van der Waals surface area (Å²) >= 11 is 6.45. The Morgan fingerprint density at radius 3 is 2.53 bits per heavy atom. The molecule has 3 aromatic rings. The van der Waals surface area contributed by atoms with Crippen LogP contribution in [0.3, 0.4) is 0 Å². The van der Waals surface area contributed by atoms with Crippen molar-refractivity contribution in [2.24, 2.45) is 5.41 Å². The Bertz CT molecular complexity index is 1560. The molecule has 1 fully saturated rings. The van der Waals surface area contributed by atoms with Crippen LogP contribution in [-0.4, -0.2) is 78.0 Å². The smallest absolute Gasteiger partial charge is 0.247 e. The van der Waals surface area contributed by atoms with Crippen LogP contribution in [0.25, 0.3) is 10.9 Å². The Kier molecular flexibility index (Phi) is 10.8. The zero-order chi connectivity index (χ0) is 32.9. The molecule has 0 saturated carbocycles. The number of benzene rings is 2. The summed E-state index contributed by atoms with van der Waals surface area (Å²) < 4.78 is 5.62. The number of methoxy groups -OCH3 is 1. The third kappa shape index (κ3) is 8.19. The zero-order valence-electron chi connectivity index (χ0n) is 26.9. The van der Waals surface area contributed by atoms with Gasteiger partial charge in [-0.3, -0.25) is 14.4 Å². The fourth-order valence-corrected chi connectivity index (χ4v) is 5.49. The van der Waals surface area contributed by atoms with Crippen LogP contribution in [0.1, 0.15) is 47.5 Å². The van der Waals surface area contributed by atoms with E-state index in [4.69, 9.17) is 16.3 Å². The van der Waals surface area contributed by atoms with Gasteiger partial charge in [0.2, 0.25) is 17.7 Å². The van der Waals surface area contributed by atoms with Gasteiger partial charge in [0, 0.05) is 43.2 Å². The molecule has 1 saturated heterocycles. The van der Waals surface area contributed by atoms with Crippen LogP contribution in [0.2, 0.25) is 5.02 Å². The van der Waals surface area contributed by atoms with Crippen molar-refractivity contribution < 1.29 is 19.1 Å². The van der Waals surface area contributed by atoms with Gasteiger partial charge in [-0.2, -0.15) is 0 Å². The SMILES string of the molecule is CN[C@@H](C)CN[C@H](C(=O)N1CCC[C@H]1C(=O)Nc1cc2c(Nc3cc(NC(C)=O)ccc3Cl)ncnc2cc1OC)C(C)(C)C. The second kappa shape index (κ2) is 14.4. The molecule has 1 aliphatic heterocycles. The number of hydrogen-bond acceptors (Lipinski definition) is 9. The van der Waals surface area contributed by atoms with Gasteiger partial charge in [0.05, 0.1) is 35.1 Å². The number of fused-ring (bicyclic) bond motifs is 1. The summed E-state index contributed by atoms with van der Waals surface area (Å²) in [6, 6.07) is 7.61. The first-order valence-electron chi connectivity index (χ1n) is 15.0. The third-order valence-corrected chi connectivity index (χ3v) is 8.16. The van der Waals surface area contributed by atoms with Crippen molar-refractivity contribution in [1.29, 1.82) is 0 Å². The minimum absolute atomic E-state index is 0.0906. The second-order valence-electron chi connectivity index (χ2n) is 12.4. The molecule has 13 heteroatoms. The standard InChI is InChI=1S/C32H43ClN8O4/c1-18(34-6)16-35-28(32(3,4)5)31(44)41-12-8-9-26(41)30(43)40-25-14-21-23(15-27(25)45-7)36-17-37-29(21)39-24-13-20(38-19(2)42)10-11-22(24)33/h10-11,13-15,17-18,26,28,34-35H,8-9,12,16H2,1-7H3,(H,38,42)(H,40,43)(H,36,37,39)/t18-,26-,28+/m0/s1. The monoisotopic (exact) mass is 638 g/mol. The summed E-state index contributed by atoms with van der Waals surface area (Å²) in [6.07, 6.45) is 2.69. The molecule has 12 nitrogen and oxygen atoms in total. The fourth-order valence-electron chi connectivity index (χ4n) is 5.33. The predicted molar refractivity (Wildman–Crippen MR) is 178 cm³/mol. The summed E-state index contributed by atoms with van der Waals surface area (Å²) in [6.45, 7) is 10.7. The zero-order valence-corrected chi connectivity index (χ0v) is 27.6. The van der Waals surface area contributed by atoms with Gasteiger partial charge < -0.3 is 36.2 Å². The number of likely N-dealkylation sites (N-methyl/N-ethyl adjacent to an activating group) is 1. The molecule has 0 unspecified atom stereocenters. The lowest BCUT2D eigenvalue weighted by Crippen LogP contribution is -2.57. The van der Waals surface area contributed by atoms with Crippen LogP contribution in [-0.2, 0) is 14.4 Å². The number of carbonyl (C=O) groups excluding carboxylic acids is 3. The maximum absolute atomic E-state index is 13.9. The molecule has 0 spiro atoms. The number of hydrogen-bond donors (Lipinski definition) is 5. The molecule has 0 bridgehead atoms. The summed E-state index contributed by atoms with van der Waals surface area (Å²) in [4.78, 5) is 49.7. The maximum Gasteiger partial charge on any atom is 0.247 e. The van der Waals surface area contributed by atoms with Crippen molar-refractivity contribution in [2.45, 2.75) is 65.6 Å². The summed E-state index contributed by atoms with van der Waals surface area (Å²) in [7, 11) is 3.40. The number of halogens is 1. The van der Waals surface area contributed by atoms with E-state index in [1.807, 2.05) is 34.7 Å². The quantitative estimate of drug-likeness (QED) is 0.204. The Morgan fingerprint density at radius 1 is 1.11 bits per heavy atom. The third-order valence-electron chi connectivity index (χ3n) is 7.83. The summed E-state index contributed by atoms with van der Waals surface area (Å²) in [5, 5.41) is 16.6. The number of amides is 3. The first-order chi connectivity index (χ1) is 21.3. The molecule has 3 amide bonds. The van der Waals surface area contributed by atoms with Crippen LogP contribution in [0.15, 0.2) is 36.7 Å². The molecule has 2 aromatic carbocycles. The lowest BCUT2D eigenvalue weighted by Gasteiger charge is -2.36. The maximum atomic E-state index is 13.9. The molecular formula is C32H43ClN8O4. The normalized spacial score (nSPS) is 16.3. The Balaban J connectivity index is 1.61. The summed E-state index contributed by atoms with van der Waals surface area (Å²) in [5.74, 6) is 0.253. The van der Waals surface area contributed by atoms with Crippen molar-refractivity contribution in [3.63, 3.8) is 0 Å². The van der Waals surface area contributed by atoms with Gasteiger partial charge in [0.15, 0.2) is 0 Å². The molecule has 2 heterocycles. The molecule has 3 atom stereocenters. The molecule has 5 N–H and O–H groups in total. The first kappa shape index (κ1) is 33.9. The predicted octanol–water partition coefficient (Wildman–Crippen LogP) is 4.54. The molecule has 0 aliphatic carbocycles. The van der Waals surface area contributed by atoms with E-state index in [9.17, 15) is 14.4 Å². The van der Waals surface area contributed by atoms with E-state index in [0.29, 0.717) is 64.1 Å². The Hall–Kier alpha value is -4.00. The highest BCUT2D eigenvalue weighted by molar-refractivity contribution is 6.33. The number of rotatable bonds is 11. The van der Waals surface area contributed by atoms with Crippen LogP contribution in [0, 0.1) is 5.41 Å². The van der Waals surface area contributed by atoms with Gasteiger partial charge in [-0.25, -0.2) is 9.97 Å². The van der Waals surface area contributed by atoms with Gasteiger partial charge >= 0.3 is 0 Å². The van der Waals surface area contributed by atoms with Crippen LogP contribution in [0.5, 0.6) is 5.75 Å². The van der Waals surface area contributed by atoms with E-state index in [-0.39, 0.29) is 29.2 Å². The van der Waals surface area contributed by atoms with Crippen LogP contribution in [0.4, 0.5) is 22.9 Å². The lowest BCUT2D eigenvalue weighted by atomic mass is 9.85. The van der Waals surface area contributed by atoms with E-state index >= 15 is 0 Å². The van der Waals surface area contributed by atoms with Crippen LogP contribution >= 0.6 is 11.6 Å². The summed E-state index contributed by atoms with van der Waals surface area (Å²) in [5.41, 5.74) is 1.72. The number of nitrogens with one attached hydrogen (secondary N) is 5. The lowest BCUT2D eigenvalue weighted by molar-refractivity contribution is -0.140. The first-order valence-corrected chi connectivity index (χ1v) is 15.4. The average Bonchev–Trinajstić information content (AvgIpc) is 3.48. The number of anilines is 4. The van der Waals surface area contributed by atoms with Crippen molar-refractivity contribution in [1.82, 2.24) is 25.5 Å². The molecule has 45 heavy (non-hydrogen) atoms. The number of carbonyl (C=O) groups is 3. The van der Waals surface area contributed by atoms with Gasteiger partial charge in [0.25, 0.3) is 0 Å². The van der Waals surface area contributed by atoms with E-state index in [1.54, 1.807) is 35.2 Å². The van der Waals surface area contributed by atoms with Crippen LogP contribution < -0.4 is 31.3 Å². The molecule has 1 aliphatic rings. The number of likely N-dealkylation sites (tertiary alicyclic amines) is 1. The van der Waals surface area contributed by atoms with Gasteiger partial charge in [0.1, 0.15) is 23.9 Å². The molecule has 242 valence electrons. The van der Waals surface area contributed by atoms with Crippen molar-refractivity contribution >= 4 is 63.1 Å². The van der Waals surface area contributed by atoms with E-state index in [1.165, 1.54) is 20.4 Å². The largest absolute Gasteiger partial charge is 0.494 e. The van der Waals surface area contributed by atoms with Crippen molar-refractivity contribution in [2.75, 3.05) is 43.2 Å². The Morgan fingerprint density at radius 2 is 1.87 bits per heavy atom. The number of ether oxygens (including phenoxy) is 1. The van der Waals surface area contributed by atoms with E-state index in [0.717, 1.165) is 6.42 Å². The van der Waals surface area contributed by atoms with Gasteiger partial charge in [-0.15, -0.1) is 0 Å². The van der Waals surface area contributed by atoms with Crippen molar-refractivity contribution in [3.05, 3.63) is 41.7 Å². The van der Waals surface area contributed by atoms with Crippen molar-refractivity contribution in [3.8, 4) is 5.75 Å². The van der Waals surface area contributed by atoms with Gasteiger partial charge in [-0.1, -0.05) is 32.4 Å². The number of aromatic nitrogens is 2. The second-order valence-corrected chi connectivity index (χ2v) is 12.8. The molecule has 4 rings (SSSR count).